The van der Waals surface area contributed by atoms with E-state index in [2.05, 4.69) is 14.5 Å². The van der Waals surface area contributed by atoms with Crippen molar-refractivity contribution < 1.29 is 9.90 Å². The van der Waals surface area contributed by atoms with Gasteiger partial charge in [0, 0.05) is 0 Å². The Morgan fingerprint density at radius 2 is 2.16 bits per heavy atom. The maximum Gasteiger partial charge on any atom is 0.374 e. The molecular weight excluding hydrogens is 264 g/mol. The second kappa shape index (κ2) is 4.13. The Hall–Kier alpha value is -2.28. The Kier molecular flexibility index (Phi) is 2.56. The molecule has 0 saturated carbocycles. The Bertz CT molecular complexity index is 790. The maximum absolute atomic E-state index is 11.1. The van der Waals surface area contributed by atoms with Gasteiger partial charge in [-0.15, -0.1) is 0 Å². The normalized spacial score (nSPS) is 11.1. The summed E-state index contributed by atoms with van der Waals surface area (Å²) in [5.74, 6) is -1.18. The van der Waals surface area contributed by atoms with Crippen molar-refractivity contribution in [3.8, 4) is 10.6 Å². The van der Waals surface area contributed by atoms with Crippen molar-refractivity contribution in [3.63, 3.8) is 0 Å². The van der Waals surface area contributed by atoms with Crippen molar-refractivity contribution in [1.82, 2.24) is 19.0 Å². The number of carboxylic acid groups (broad SMARTS) is 1. The topological polar surface area (TPSA) is 80.4 Å². The number of imidazole rings is 1. The summed E-state index contributed by atoms with van der Waals surface area (Å²) in [6.07, 6.45) is 1.52. The van der Waals surface area contributed by atoms with Crippen LogP contribution in [0.25, 0.3) is 16.1 Å². The fraction of sp³-hybridized carbons (Fsp3) is 0.167. The zero-order valence-corrected chi connectivity index (χ0v) is 11.1. The summed E-state index contributed by atoms with van der Waals surface area (Å²) >= 11 is 1.34. The van der Waals surface area contributed by atoms with E-state index in [1.165, 1.54) is 22.2 Å². The van der Waals surface area contributed by atoms with Gasteiger partial charge in [-0.25, -0.2) is 14.3 Å². The van der Waals surface area contributed by atoms with Crippen LogP contribution >= 0.6 is 11.5 Å². The Morgan fingerprint density at radius 3 is 2.79 bits per heavy atom. The van der Waals surface area contributed by atoms with Crippen molar-refractivity contribution in [2.24, 2.45) is 0 Å². The van der Waals surface area contributed by atoms with E-state index in [0.717, 1.165) is 16.1 Å². The van der Waals surface area contributed by atoms with Crippen LogP contribution in [0.2, 0.25) is 0 Å². The highest BCUT2D eigenvalue weighted by Crippen LogP contribution is 2.25. The number of nitrogens with zero attached hydrogens (tertiary/aromatic N) is 4. The van der Waals surface area contributed by atoms with Crippen molar-refractivity contribution in [2.45, 2.75) is 13.8 Å². The third kappa shape index (κ3) is 1.88. The van der Waals surface area contributed by atoms with Crippen LogP contribution in [0.3, 0.4) is 0 Å². The Labute approximate surface area is 112 Å². The van der Waals surface area contributed by atoms with Gasteiger partial charge in [0.15, 0.2) is 0 Å². The number of aromatic nitrogens is 4. The fourth-order valence-electron chi connectivity index (χ4n) is 1.88. The van der Waals surface area contributed by atoms with Gasteiger partial charge in [0.25, 0.3) is 0 Å². The smallest absolute Gasteiger partial charge is 0.374 e. The molecule has 0 amide bonds. The first-order chi connectivity index (χ1) is 9.06. The number of aromatic carboxylic acids is 1. The van der Waals surface area contributed by atoms with Crippen LogP contribution < -0.4 is 0 Å². The van der Waals surface area contributed by atoms with Crippen LogP contribution in [-0.4, -0.2) is 30.0 Å². The van der Waals surface area contributed by atoms with Crippen LogP contribution in [0.1, 0.15) is 21.9 Å². The van der Waals surface area contributed by atoms with Crippen molar-refractivity contribution >= 4 is 23.0 Å². The summed E-state index contributed by atoms with van der Waals surface area (Å²) in [5, 5.41) is 13.4. The highest BCUT2D eigenvalue weighted by Gasteiger charge is 2.15. The summed E-state index contributed by atoms with van der Waals surface area (Å²) in [4.78, 5) is 15.9. The van der Waals surface area contributed by atoms with Crippen molar-refractivity contribution in [3.05, 3.63) is 35.4 Å². The van der Waals surface area contributed by atoms with Gasteiger partial charge in [-0.05, 0) is 43.1 Å². The molecule has 0 fully saturated rings. The van der Waals surface area contributed by atoms with Gasteiger partial charge in [-0.2, -0.15) is 9.47 Å². The molecule has 0 unspecified atom stereocenters. The molecule has 3 aromatic rings. The second-order valence-corrected chi connectivity index (χ2v) is 5.03. The van der Waals surface area contributed by atoms with E-state index >= 15 is 0 Å². The predicted octanol–water partition coefficient (Wildman–Crippen LogP) is 2.17. The standard InChI is InChI=1S/C12H10N4O2S/c1-6-3-8(10-4-7(2)15-19-10)14-16-9(6)5-13-11(16)12(17)18/h3-5H,1-2H3,(H,17,18). The lowest BCUT2D eigenvalue weighted by Crippen LogP contribution is -2.07. The van der Waals surface area contributed by atoms with Gasteiger partial charge in [-0.3, -0.25) is 0 Å². The monoisotopic (exact) mass is 274 g/mol. The minimum absolute atomic E-state index is 0.0822. The summed E-state index contributed by atoms with van der Waals surface area (Å²) in [6, 6.07) is 3.84. The molecule has 19 heavy (non-hydrogen) atoms. The van der Waals surface area contributed by atoms with Gasteiger partial charge in [0.05, 0.1) is 22.3 Å². The SMILES string of the molecule is Cc1cc(-c2cc(C)c3cnc(C(=O)O)n3n2)sn1. The minimum Gasteiger partial charge on any atom is -0.475 e. The number of hydrogen-bond acceptors (Lipinski definition) is 5. The zero-order chi connectivity index (χ0) is 13.6. The third-order valence-electron chi connectivity index (χ3n) is 2.77. The minimum atomic E-state index is -1.09. The number of fused-ring (bicyclic) bond motifs is 1. The molecule has 3 heterocycles. The molecule has 3 aromatic heterocycles. The third-order valence-corrected chi connectivity index (χ3v) is 3.68. The summed E-state index contributed by atoms with van der Waals surface area (Å²) in [6.45, 7) is 3.81. The number of aryl methyl sites for hydroxylation is 2. The molecule has 0 bridgehead atoms. The molecule has 0 aliphatic rings. The lowest BCUT2D eigenvalue weighted by molar-refractivity contribution is 0.0681. The summed E-state index contributed by atoms with van der Waals surface area (Å²) < 4.78 is 5.57. The molecule has 3 rings (SSSR count). The first-order valence-corrected chi connectivity index (χ1v) is 6.36. The molecule has 0 radical (unpaired) electrons. The van der Waals surface area contributed by atoms with E-state index in [1.54, 1.807) is 0 Å². The molecule has 7 heteroatoms. The molecular formula is C12H10N4O2S. The second-order valence-electron chi connectivity index (χ2n) is 4.23. The zero-order valence-electron chi connectivity index (χ0n) is 10.3. The Balaban J connectivity index is 2.27. The lowest BCUT2D eigenvalue weighted by atomic mass is 10.2. The molecule has 0 atom stereocenters. The molecule has 0 saturated heterocycles. The summed E-state index contributed by atoms with van der Waals surface area (Å²) in [5.41, 5.74) is 3.25. The largest absolute Gasteiger partial charge is 0.475 e. The Morgan fingerprint density at radius 1 is 1.37 bits per heavy atom. The fourth-order valence-corrected chi connectivity index (χ4v) is 2.59. The molecule has 96 valence electrons. The van der Waals surface area contributed by atoms with Crippen LogP contribution in [0.5, 0.6) is 0 Å². The number of carbonyl (C=O) groups is 1. The average Bonchev–Trinajstić information content (AvgIpc) is 2.94. The molecule has 0 aromatic carbocycles. The number of rotatable bonds is 2. The van der Waals surface area contributed by atoms with E-state index < -0.39 is 5.97 Å². The molecule has 6 nitrogen and oxygen atoms in total. The quantitative estimate of drug-likeness (QED) is 0.774. The van der Waals surface area contributed by atoms with E-state index in [1.807, 2.05) is 26.0 Å². The molecule has 0 spiro atoms. The van der Waals surface area contributed by atoms with Crippen LogP contribution in [0.15, 0.2) is 18.3 Å². The van der Waals surface area contributed by atoms with Crippen LogP contribution in [0.4, 0.5) is 0 Å². The highest BCUT2D eigenvalue weighted by molar-refractivity contribution is 7.09. The van der Waals surface area contributed by atoms with Crippen LogP contribution in [0, 0.1) is 13.8 Å². The first kappa shape index (κ1) is 11.8. The first-order valence-electron chi connectivity index (χ1n) is 5.58. The van der Waals surface area contributed by atoms with E-state index in [9.17, 15) is 4.79 Å². The van der Waals surface area contributed by atoms with Gasteiger partial charge < -0.3 is 5.11 Å². The lowest BCUT2D eigenvalue weighted by Gasteiger charge is -2.03. The average molecular weight is 274 g/mol. The van der Waals surface area contributed by atoms with Gasteiger partial charge >= 0.3 is 5.97 Å². The van der Waals surface area contributed by atoms with Crippen molar-refractivity contribution in [2.75, 3.05) is 0 Å². The highest BCUT2D eigenvalue weighted by atomic mass is 32.1. The van der Waals surface area contributed by atoms with E-state index in [-0.39, 0.29) is 5.82 Å². The maximum atomic E-state index is 11.1. The number of hydrogen-bond donors (Lipinski definition) is 1. The van der Waals surface area contributed by atoms with E-state index in [0.29, 0.717) is 11.2 Å². The van der Waals surface area contributed by atoms with Crippen molar-refractivity contribution in [1.29, 1.82) is 0 Å². The van der Waals surface area contributed by atoms with Crippen LogP contribution in [-0.2, 0) is 0 Å². The van der Waals surface area contributed by atoms with Gasteiger partial charge in [0.2, 0.25) is 5.82 Å². The molecule has 0 aliphatic carbocycles. The number of carboxylic acids is 1. The van der Waals surface area contributed by atoms with Gasteiger partial charge in [0.1, 0.15) is 5.69 Å². The van der Waals surface area contributed by atoms with E-state index in [4.69, 9.17) is 5.11 Å². The molecule has 1 N–H and O–H groups in total. The molecule has 0 aliphatic heterocycles. The van der Waals surface area contributed by atoms with Gasteiger partial charge in [-0.1, -0.05) is 0 Å². The summed E-state index contributed by atoms with van der Waals surface area (Å²) in [7, 11) is 0. The predicted molar refractivity (Wildman–Crippen MR) is 70.5 cm³/mol.